The van der Waals surface area contributed by atoms with Crippen LogP contribution in [-0.2, 0) is 16.0 Å². The number of carboxylic acids is 1. The quantitative estimate of drug-likeness (QED) is 0.210. The van der Waals surface area contributed by atoms with Gasteiger partial charge in [-0.2, -0.15) is 4.98 Å². The number of aliphatic carboxylic acids is 1. The Hall–Kier alpha value is -5.15. The third-order valence-corrected chi connectivity index (χ3v) is 8.28. The first kappa shape index (κ1) is 28.9. The second-order valence-electron chi connectivity index (χ2n) is 10.8. The third kappa shape index (κ3) is 6.00. The molecule has 4 aromatic carbocycles. The normalized spacial score (nSPS) is 16.2. The van der Waals surface area contributed by atoms with Crippen molar-refractivity contribution in [1.29, 1.82) is 0 Å². The minimum absolute atomic E-state index is 0.130. The van der Waals surface area contributed by atoms with Crippen LogP contribution >= 0.6 is 11.6 Å². The van der Waals surface area contributed by atoms with Gasteiger partial charge in [-0.15, -0.1) is 0 Å². The van der Waals surface area contributed by atoms with E-state index in [1.54, 1.807) is 71.4 Å². The molecule has 0 aliphatic carbocycles. The Bertz CT molecular complexity index is 1840. The number of likely N-dealkylation sites (tertiary alicyclic amines) is 1. The zero-order chi connectivity index (χ0) is 30.8. The molecular formula is C34H29ClN4O5. The summed E-state index contributed by atoms with van der Waals surface area (Å²) in [4.78, 5) is 45.9. The van der Waals surface area contributed by atoms with Crippen molar-refractivity contribution in [2.45, 2.75) is 12.3 Å². The molecule has 1 fully saturated rings. The number of nitrogens with zero attached hydrogens (tertiary/aromatic N) is 3. The summed E-state index contributed by atoms with van der Waals surface area (Å²) in [5, 5.41) is 13.5. The van der Waals surface area contributed by atoms with Crippen molar-refractivity contribution in [3.63, 3.8) is 0 Å². The average Bonchev–Trinajstić information content (AvgIpc) is 3.66. The number of carbonyl (C=O) groups excluding carboxylic acids is 2. The highest BCUT2D eigenvalue weighted by atomic mass is 35.5. The van der Waals surface area contributed by atoms with E-state index in [1.807, 2.05) is 42.5 Å². The van der Waals surface area contributed by atoms with Crippen molar-refractivity contribution in [2.75, 3.05) is 30.4 Å². The first-order valence-electron chi connectivity index (χ1n) is 14.1. The molecule has 1 aromatic heterocycles. The Kier molecular flexibility index (Phi) is 8.04. The Morgan fingerprint density at radius 3 is 2.43 bits per heavy atom. The number of fused-ring (bicyclic) bond motifs is 1. The second-order valence-corrected chi connectivity index (χ2v) is 11.2. The van der Waals surface area contributed by atoms with E-state index in [1.165, 1.54) is 0 Å². The molecule has 1 aliphatic heterocycles. The molecule has 1 aliphatic rings. The van der Waals surface area contributed by atoms with Gasteiger partial charge in [-0.25, -0.2) is 0 Å². The van der Waals surface area contributed by atoms with Gasteiger partial charge in [0, 0.05) is 37.3 Å². The highest BCUT2D eigenvalue weighted by Crippen LogP contribution is 2.35. The summed E-state index contributed by atoms with van der Waals surface area (Å²) in [7, 11) is 1.70. The number of carbonyl (C=O) groups is 3. The molecule has 2 amide bonds. The second kappa shape index (κ2) is 12.2. The van der Waals surface area contributed by atoms with Crippen LogP contribution in [0.25, 0.3) is 11.1 Å². The topological polar surface area (TPSA) is 116 Å². The van der Waals surface area contributed by atoms with E-state index >= 15 is 0 Å². The highest BCUT2D eigenvalue weighted by Gasteiger charge is 2.40. The molecule has 1 saturated heterocycles. The average molecular weight is 609 g/mol. The van der Waals surface area contributed by atoms with Gasteiger partial charge in [0.2, 0.25) is 5.91 Å². The van der Waals surface area contributed by atoms with Crippen molar-refractivity contribution in [3.05, 3.63) is 119 Å². The van der Waals surface area contributed by atoms with Crippen LogP contribution in [0.1, 0.15) is 27.4 Å². The number of nitrogens with one attached hydrogen (secondary N) is 1. The number of benzene rings is 4. The first-order valence-corrected chi connectivity index (χ1v) is 14.5. The van der Waals surface area contributed by atoms with Crippen LogP contribution in [-0.4, -0.2) is 52.9 Å². The number of anilines is 3. The molecule has 10 heteroatoms. The van der Waals surface area contributed by atoms with E-state index < -0.39 is 11.9 Å². The van der Waals surface area contributed by atoms with Crippen LogP contribution in [0.3, 0.4) is 0 Å². The standard InChI is InChI=1S/C34H29ClN4O5/c1-38(31(40)18-21-11-16-29-30(17-21)44-34(37-29)36-28-10-6-5-9-27(28)35)24-14-12-22(13-15-24)25-19-39(20-26(25)33(42)43)32(41)23-7-3-2-4-8-23/h2-17,25-26H,18-20H2,1H3,(H,36,37)(H,42,43). The molecule has 2 unspecified atom stereocenters. The van der Waals surface area contributed by atoms with Gasteiger partial charge in [0.05, 0.1) is 23.0 Å². The molecular weight excluding hydrogens is 580 g/mol. The Morgan fingerprint density at radius 2 is 1.70 bits per heavy atom. The molecule has 2 N–H and O–H groups in total. The molecule has 2 atom stereocenters. The zero-order valence-electron chi connectivity index (χ0n) is 23.8. The van der Waals surface area contributed by atoms with Crippen LogP contribution in [0.5, 0.6) is 0 Å². The van der Waals surface area contributed by atoms with Crippen LogP contribution in [0, 0.1) is 5.92 Å². The van der Waals surface area contributed by atoms with E-state index in [2.05, 4.69) is 10.3 Å². The number of hydrogen-bond acceptors (Lipinski definition) is 6. The van der Waals surface area contributed by atoms with E-state index in [9.17, 15) is 19.5 Å². The maximum Gasteiger partial charge on any atom is 0.308 e. The fourth-order valence-electron chi connectivity index (χ4n) is 5.51. The van der Waals surface area contributed by atoms with E-state index in [-0.39, 0.29) is 30.7 Å². The van der Waals surface area contributed by atoms with Crippen molar-refractivity contribution in [3.8, 4) is 0 Å². The minimum atomic E-state index is -0.940. The number of rotatable bonds is 8. The summed E-state index contributed by atoms with van der Waals surface area (Å²) in [6.45, 7) is 0.444. The van der Waals surface area contributed by atoms with Crippen molar-refractivity contribution in [1.82, 2.24) is 9.88 Å². The number of para-hydroxylation sites is 1. The zero-order valence-corrected chi connectivity index (χ0v) is 24.6. The van der Waals surface area contributed by atoms with Crippen molar-refractivity contribution >= 4 is 57.9 Å². The molecule has 2 heterocycles. The molecule has 44 heavy (non-hydrogen) atoms. The molecule has 0 saturated carbocycles. The van der Waals surface area contributed by atoms with Crippen LogP contribution in [0.2, 0.25) is 5.02 Å². The lowest BCUT2D eigenvalue weighted by Crippen LogP contribution is -2.29. The fourth-order valence-corrected chi connectivity index (χ4v) is 5.70. The summed E-state index contributed by atoms with van der Waals surface area (Å²) in [6, 6.07) is 29.2. The van der Waals surface area contributed by atoms with Crippen LogP contribution in [0.4, 0.5) is 17.4 Å². The van der Waals surface area contributed by atoms with Crippen LogP contribution in [0.15, 0.2) is 101 Å². The minimum Gasteiger partial charge on any atom is -0.481 e. The summed E-state index contributed by atoms with van der Waals surface area (Å²) in [5.41, 5.74) is 4.65. The Morgan fingerprint density at radius 1 is 0.977 bits per heavy atom. The number of aromatic nitrogens is 1. The molecule has 6 rings (SSSR count). The SMILES string of the molecule is CN(C(=O)Cc1ccc2nc(Nc3ccccc3Cl)oc2c1)c1ccc(C2CN(C(=O)c3ccccc3)CC2C(=O)O)cc1. The number of carboxylic acid groups (broad SMARTS) is 1. The maximum absolute atomic E-state index is 13.2. The van der Waals surface area contributed by atoms with Gasteiger partial charge < -0.3 is 24.6 Å². The number of halogens is 1. The van der Waals surface area contributed by atoms with Gasteiger partial charge in [0.15, 0.2) is 5.58 Å². The number of amides is 2. The first-order chi connectivity index (χ1) is 21.3. The number of oxazole rings is 1. The third-order valence-electron chi connectivity index (χ3n) is 7.95. The smallest absolute Gasteiger partial charge is 0.308 e. The van der Waals surface area contributed by atoms with E-state index in [0.717, 1.165) is 11.1 Å². The van der Waals surface area contributed by atoms with Gasteiger partial charge in [-0.3, -0.25) is 14.4 Å². The van der Waals surface area contributed by atoms with E-state index in [4.69, 9.17) is 16.0 Å². The Balaban J connectivity index is 1.12. The molecule has 222 valence electrons. The summed E-state index contributed by atoms with van der Waals surface area (Å²) in [6.07, 6.45) is 0.141. The predicted molar refractivity (Wildman–Crippen MR) is 169 cm³/mol. The fraction of sp³-hybridized carbons (Fsp3) is 0.176. The molecule has 0 spiro atoms. The lowest BCUT2D eigenvalue weighted by molar-refractivity contribution is -0.141. The summed E-state index contributed by atoms with van der Waals surface area (Å²) in [5.74, 6) is -2.33. The molecule has 0 radical (unpaired) electrons. The Labute approximate surface area is 258 Å². The van der Waals surface area contributed by atoms with E-state index in [0.29, 0.717) is 45.6 Å². The van der Waals surface area contributed by atoms with Gasteiger partial charge in [0.1, 0.15) is 5.52 Å². The number of likely N-dealkylation sites (N-methyl/N-ethyl adjacent to an activating group) is 1. The molecule has 9 nitrogen and oxygen atoms in total. The monoisotopic (exact) mass is 608 g/mol. The molecule has 5 aromatic rings. The van der Waals surface area contributed by atoms with Gasteiger partial charge >= 0.3 is 5.97 Å². The maximum atomic E-state index is 13.2. The lowest BCUT2D eigenvalue weighted by atomic mass is 9.89. The largest absolute Gasteiger partial charge is 0.481 e. The van der Waals surface area contributed by atoms with Gasteiger partial charge in [-0.05, 0) is 59.7 Å². The lowest BCUT2D eigenvalue weighted by Gasteiger charge is -2.20. The van der Waals surface area contributed by atoms with Gasteiger partial charge in [0.25, 0.3) is 11.9 Å². The molecule has 0 bridgehead atoms. The highest BCUT2D eigenvalue weighted by molar-refractivity contribution is 6.33. The van der Waals surface area contributed by atoms with Crippen molar-refractivity contribution < 1.29 is 23.9 Å². The predicted octanol–water partition coefficient (Wildman–Crippen LogP) is 6.37. The number of hydrogen-bond donors (Lipinski definition) is 2. The summed E-state index contributed by atoms with van der Waals surface area (Å²) >= 11 is 6.22. The van der Waals surface area contributed by atoms with Crippen LogP contribution < -0.4 is 10.2 Å². The van der Waals surface area contributed by atoms with Gasteiger partial charge in [-0.1, -0.05) is 60.1 Å². The van der Waals surface area contributed by atoms with Crippen molar-refractivity contribution in [2.24, 2.45) is 5.92 Å². The summed E-state index contributed by atoms with van der Waals surface area (Å²) < 4.78 is 5.86.